The van der Waals surface area contributed by atoms with Crippen LogP contribution in [0.2, 0.25) is 0 Å². The number of pyridine rings is 1. The fourth-order valence-corrected chi connectivity index (χ4v) is 5.30. The number of hydrogen-bond acceptors (Lipinski definition) is 2. The van der Waals surface area contributed by atoms with Crippen LogP contribution in [0.5, 0.6) is 0 Å². The van der Waals surface area contributed by atoms with Crippen molar-refractivity contribution < 1.29 is 0 Å². The van der Waals surface area contributed by atoms with Gasteiger partial charge < -0.3 is 14.8 Å². The van der Waals surface area contributed by atoms with E-state index in [2.05, 4.69) is 91.6 Å². The first kappa shape index (κ1) is 20.6. The van der Waals surface area contributed by atoms with Crippen LogP contribution in [-0.2, 0) is 0 Å². The normalized spacial score (nSPS) is 18.9. The van der Waals surface area contributed by atoms with Crippen molar-refractivity contribution >= 4 is 17.3 Å². The molecule has 1 aliphatic rings. The van der Waals surface area contributed by atoms with Crippen molar-refractivity contribution in [2.24, 2.45) is 0 Å². The van der Waals surface area contributed by atoms with E-state index in [-0.39, 0.29) is 18.1 Å². The van der Waals surface area contributed by atoms with E-state index in [4.69, 9.17) is 12.2 Å². The Hall–Kier alpha value is -2.66. The summed E-state index contributed by atoms with van der Waals surface area (Å²) in [5, 5.41) is 4.35. The van der Waals surface area contributed by atoms with E-state index in [0.717, 1.165) is 10.8 Å². The Morgan fingerprint density at radius 3 is 2.30 bits per heavy atom. The molecule has 1 aromatic carbocycles. The van der Waals surface area contributed by atoms with Crippen LogP contribution in [0, 0.1) is 27.7 Å². The van der Waals surface area contributed by atoms with Gasteiger partial charge in [0.15, 0.2) is 5.11 Å². The summed E-state index contributed by atoms with van der Waals surface area (Å²) in [4.78, 5) is 6.98. The molecule has 0 unspecified atom stereocenters. The highest BCUT2D eigenvalue weighted by Crippen LogP contribution is 2.42. The summed E-state index contributed by atoms with van der Waals surface area (Å²) in [6.45, 7) is 13.2. The van der Waals surface area contributed by atoms with Gasteiger partial charge in [0.25, 0.3) is 0 Å². The van der Waals surface area contributed by atoms with Crippen LogP contribution in [0.4, 0.5) is 0 Å². The summed E-state index contributed by atoms with van der Waals surface area (Å²) < 4.78 is 2.40. The lowest BCUT2D eigenvalue weighted by Gasteiger charge is -2.31. The number of aromatic nitrogens is 2. The maximum absolute atomic E-state index is 5.77. The lowest BCUT2D eigenvalue weighted by molar-refractivity contribution is 0.269. The van der Waals surface area contributed by atoms with Gasteiger partial charge in [-0.05, 0) is 88.6 Å². The molecule has 0 aliphatic carbocycles. The summed E-state index contributed by atoms with van der Waals surface area (Å²) in [6, 6.07) is 15.3. The van der Waals surface area contributed by atoms with Gasteiger partial charge >= 0.3 is 0 Å². The second-order valence-electron chi connectivity index (χ2n) is 8.53. The zero-order valence-electron chi connectivity index (χ0n) is 18.6. The van der Waals surface area contributed by atoms with Crippen molar-refractivity contribution in [3.05, 3.63) is 82.4 Å². The first-order valence-corrected chi connectivity index (χ1v) is 11.0. The van der Waals surface area contributed by atoms with Gasteiger partial charge in [0.2, 0.25) is 0 Å². The monoisotopic (exact) mass is 418 g/mol. The zero-order valence-corrected chi connectivity index (χ0v) is 19.4. The van der Waals surface area contributed by atoms with Crippen LogP contribution >= 0.6 is 12.2 Å². The van der Waals surface area contributed by atoms with Crippen molar-refractivity contribution in [1.29, 1.82) is 0 Å². The van der Waals surface area contributed by atoms with E-state index in [1.807, 2.05) is 18.3 Å². The number of thiocarbonyl (C=S) groups is 1. The third-order valence-electron chi connectivity index (χ3n) is 6.14. The standard InChI is InChI=1S/C25H30N4S/c1-15(2)28-24(22(27-25(28)30)21-12-7-8-13-26-21)20-14-18(5)29(19(20)6)23-16(3)10-9-11-17(23)4/h7-15,22,24H,1-6H3,(H,27,30)/t22-,24+/m0/s1. The molecule has 3 heterocycles. The van der Waals surface area contributed by atoms with Gasteiger partial charge in [0, 0.05) is 23.6 Å². The fourth-order valence-electron chi connectivity index (χ4n) is 4.84. The number of hydrogen-bond donors (Lipinski definition) is 1. The molecule has 2 aromatic heterocycles. The van der Waals surface area contributed by atoms with E-state index in [9.17, 15) is 0 Å². The minimum atomic E-state index is 0.0213. The molecule has 0 amide bonds. The summed E-state index contributed by atoms with van der Waals surface area (Å²) in [6.07, 6.45) is 1.86. The second kappa shape index (κ2) is 7.88. The summed E-state index contributed by atoms with van der Waals surface area (Å²) >= 11 is 5.77. The Labute approximate surface area is 184 Å². The molecule has 156 valence electrons. The molecule has 0 saturated carbocycles. The molecule has 0 radical (unpaired) electrons. The molecule has 1 aliphatic heterocycles. The third kappa shape index (κ3) is 3.31. The number of aryl methyl sites for hydroxylation is 3. The van der Waals surface area contributed by atoms with Crippen molar-refractivity contribution in [3.8, 4) is 5.69 Å². The Kier molecular flexibility index (Phi) is 5.41. The molecule has 0 spiro atoms. The molecule has 1 N–H and O–H groups in total. The maximum Gasteiger partial charge on any atom is 0.170 e. The number of benzene rings is 1. The lowest BCUT2D eigenvalue weighted by Crippen LogP contribution is -2.35. The lowest BCUT2D eigenvalue weighted by atomic mass is 9.96. The van der Waals surface area contributed by atoms with Crippen molar-refractivity contribution in [2.45, 2.75) is 59.7 Å². The van der Waals surface area contributed by atoms with Crippen LogP contribution in [0.3, 0.4) is 0 Å². The Morgan fingerprint density at radius 1 is 1.00 bits per heavy atom. The van der Waals surface area contributed by atoms with Gasteiger partial charge in [0.05, 0.1) is 23.5 Å². The summed E-state index contributed by atoms with van der Waals surface area (Å²) in [5.74, 6) is 0. The summed E-state index contributed by atoms with van der Waals surface area (Å²) in [5.41, 5.74) is 8.65. The van der Waals surface area contributed by atoms with Gasteiger partial charge in [-0.15, -0.1) is 0 Å². The van der Waals surface area contributed by atoms with Gasteiger partial charge in [-0.25, -0.2) is 0 Å². The average Bonchev–Trinajstić information content (AvgIpc) is 3.19. The van der Waals surface area contributed by atoms with Crippen LogP contribution in [0.15, 0.2) is 48.7 Å². The van der Waals surface area contributed by atoms with Gasteiger partial charge in [0.1, 0.15) is 0 Å². The molecule has 3 aromatic rings. The Bertz CT molecular complexity index is 1060. The molecule has 0 bridgehead atoms. The quantitative estimate of drug-likeness (QED) is 0.568. The number of rotatable bonds is 4. The van der Waals surface area contributed by atoms with E-state index >= 15 is 0 Å². The molecule has 1 fully saturated rings. The van der Waals surface area contributed by atoms with Gasteiger partial charge in [-0.1, -0.05) is 24.3 Å². The topological polar surface area (TPSA) is 33.1 Å². The van der Waals surface area contributed by atoms with E-state index in [1.165, 1.54) is 33.8 Å². The minimum Gasteiger partial charge on any atom is -0.352 e. The molecule has 2 atom stereocenters. The van der Waals surface area contributed by atoms with Gasteiger partial charge in [-0.2, -0.15) is 0 Å². The smallest absolute Gasteiger partial charge is 0.170 e. The SMILES string of the molecule is Cc1cccc(C)c1-n1c(C)cc([C@@H]2[C@H](c3ccccn3)NC(=S)N2C(C)C)c1C. The predicted octanol–water partition coefficient (Wildman–Crippen LogP) is 5.49. The molecular formula is C25H30N4S. The van der Waals surface area contributed by atoms with E-state index in [0.29, 0.717) is 0 Å². The van der Waals surface area contributed by atoms with Crippen molar-refractivity contribution in [3.63, 3.8) is 0 Å². The molecule has 5 heteroatoms. The summed E-state index contributed by atoms with van der Waals surface area (Å²) in [7, 11) is 0. The minimum absolute atomic E-state index is 0.0213. The third-order valence-corrected chi connectivity index (χ3v) is 6.47. The fraction of sp³-hybridized carbons (Fsp3) is 0.360. The van der Waals surface area contributed by atoms with Gasteiger partial charge in [-0.3, -0.25) is 4.98 Å². The number of para-hydroxylation sites is 1. The molecular weight excluding hydrogens is 388 g/mol. The maximum atomic E-state index is 5.77. The average molecular weight is 419 g/mol. The number of nitrogens with zero attached hydrogens (tertiary/aromatic N) is 3. The molecule has 4 nitrogen and oxygen atoms in total. The predicted molar refractivity (Wildman–Crippen MR) is 127 cm³/mol. The van der Waals surface area contributed by atoms with Crippen molar-refractivity contribution in [2.75, 3.05) is 0 Å². The van der Waals surface area contributed by atoms with Crippen LogP contribution in [0.25, 0.3) is 5.69 Å². The first-order valence-electron chi connectivity index (χ1n) is 10.6. The molecule has 1 saturated heterocycles. The molecule has 4 rings (SSSR count). The second-order valence-corrected chi connectivity index (χ2v) is 8.92. The van der Waals surface area contributed by atoms with E-state index in [1.54, 1.807) is 0 Å². The highest BCUT2D eigenvalue weighted by molar-refractivity contribution is 7.80. The molecule has 30 heavy (non-hydrogen) atoms. The van der Waals surface area contributed by atoms with Crippen molar-refractivity contribution in [1.82, 2.24) is 19.8 Å². The first-order chi connectivity index (χ1) is 14.3. The highest BCUT2D eigenvalue weighted by atomic mass is 32.1. The highest BCUT2D eigenvalue weighted by Gasteiger charge is 2.42. The Morgan fingerprint density at radius 2 is 1.70 bits per heavy atom. The largest absolute Gasteiger partial charge is 0.352 e. The van der Waals surface area contributed by atoms with Crippen LogP contribution in [-0.4, -0.2) is 25.6 Å². The Balaban J connectivity index is 1.90. The van der Waals surface area contributed by atoms with Crippen LogP contribution < -0.4 is 5.32 Å². The van der Waals surface area contributed by atoms with E-state index < -0.39 is 0 Å². The van der Waals surface area contributed by atoms with Crippen LogP contribution in [0.1, 0.15) is 59.7 Å². The number of nitrogens with one attached hydrogen (secondary N) is 1. The zero-order chi connectivity index (χ0) is 21.6.